The number of piperidine rings is 2. The van der Waals surface area contributed by atoms with Crippen LogP contribution in [-0.2, 0) is 0 Å². The Kier molecular flexibility index (Phi) is 5.53. The highest BCUT2D eigenvalue weighted by Gasteiger charge is 2.32. The van der Waals surface area contributed by atoms with Crippen LogP contribution in [0.25, 0.3) is 0 Å². The van der Waals surface area contributed by atoms with Crippen molar-refractivity contribution in [2.75, 3.05) is 38.0 Å². The van der Waals surface area contributed by atoms with Crippen LogP contribution < -0.4 is 10.6 Å². The van der Waals surface area contributed by atoms with Crippen LogP contribution in [0.4, 0.5) is 5.69 Å². The van der Waals surface area contributed by atoms with Gasteiger partial charge in [0.2, 0.25) is 0 Å². The van der Waals surface area contributed by atoms with Gasteiger partial charge in [-0.1, -0.05) is 24.6 Å². The van der Waals surface area contributed by atoms with E-state index in [0.29, 0.717) is 0 Å². The summed E-state index contributed by atoms with van der Waals surface area (Å²) in [5.74, 6) is 0.871. The molecule has 116 valence electrons. The van der Waals surface area contributed by atoms with Crippen LogP contribution in [0.3, 0.4) is 0 Å². The predicted octanol–water partition coefficient (Wildman–Crippen LogP) is 2.95. The van der Waals surface area contributed by atoms with Gasteiger partial charge in [-0.2, -0.15) is 0 Å². The maximum Gasteiger partial charge on any atom is 0.0340 e. The molecule has 2 N–H and O–H groups in total. The van der Waals surface area contributed by atoms with E-state index >= 15 is 0 Å². The highest BCUT2D eigenvalue weighted by atomic mass is 15.2. The fraction of sp³-hybridized carbons (Fsp3) is 0.667. The van der Waals surface area contributed by atoms with Gasteiger partial charge in [-0.15, -0.1) is 0 Å². The topological polar surface area (TPSA) is 27.3 Å². The smallest absolute Gasteiger partial charge is 0.0340 e. The van der Waals surface area contributed by atoms with Crippen molar-refractivity contribution in [2.24, 2.45) is 5.92 Å². The van der Waals surface area contributed by atoms with Gasteiger partial charge in [0, 0.05) is 24.8 Å². The second-order valence-corrected chi connectivity index (χ2v) is 6.50. The summed E-state index contributed by atoms with van der Waals surface area (Å²) in [6.07, 6.45) is 7.09. The van der Waals surface area contributed by atoms with Crippen LogP contribution in [0.1, 0.15) is 32.1 Å². The fourth-order valence-corrected chi connectivity index (χ4v) is 3.95. The number of nitrogens with one attached hydrogen (secondary N) is 2. The van der Waals surface area contributed by atoms with Crippen molar-refractivity contribution in [3.63, 3.8) is 0 Å². The second kappa shape index (κ2) is 7.81. The zero-order chi connectivity index (χ0) is 14.3. The molecule has 2 atom stereocenters. The molecule has 0 aromatic heterocycles. The Morgan fingerprint density at radius 3 is 2.71 bits per heavy atom. The average molecular weight is 287 g/mol. The normalized spacial score (nSPS) is 26.3. The quantitative estimate of drug-likeness (QED) is 0.788. The molecule has 0 radical (unpaired) electrons. The number of benzene rings is 1. The summed E-state index contributed by atoms with van der Waals surface area (Å²) in [5, 5.41) is 7.14. The maximum absolute atomic E-state index is 3.67. The summed E-state index contributed by atoms with van der Waals surface area (Å²) in [6, 6.07) is 11.3. The monoisotopic (exact) mass is 287 g/mol. The highest BCUT2D eigenvalue weighted by molar-refractivity contribution is 5.42. The van der Waals surface area contributed by atoms with Crippen molar-refractivity contribution in [3.8, 4) is 0 Å². The van der Waals surface area contributed by atoms with Gasteiger partial charge < -0.3 is 15.5 Å². The second-order valence-electron chi connectivity index (χ2n) is 6.50. The molecule has 0 unspecified atom stereocenters. The van der Waals surface area contributed by atoms with E-state index in [-0.39, 0.29) is 0 Å². The van der Waals surface area contributed by atoms with Crippen molar-refractivity contribution in [1.82, 2.24) is 10.2 Å². The summed E-state index contributed by atoms with van der Waals surface area (Å²) in [7, 11) is 0. The fourth-order valence-electron chi connectivity index (χ4n) is 3.95. The standard InChI is InChI=1S/C18H29N3/c1-2-8-17(9-3-1)20-12-11-19-15-16-7-6-14-21-13-5-4-10-18(16)21/h1-3,8-9,16,18-20H,4-7,10-15H2/t16-,18+/m0/s1. The lowest BCUT2D eigenvalue weighted by Gasteiger charge is -2.44. The van der Waals surface area contributed by atoms with Gasteiger partial charge in [0.15, 0.2) is 0 Å². The molecule has 2 fully saturated rings. The zero-order valence-corrected chi connectivity index (χ0v) is 13.1. The number of hydrogen-bond acceptors (Lipinski definition) is 3. The summed E-state index contributed by atoms with van der Waals surface area (Å²) >= 11 is 0. The number of nitrogens with zero attached hydrogens (tertiary/aromatic N) is 1. The molecule has 0 saturated carbocycles. The van der Waals surface area contributed by atoms with Crippen LogP contribution in [0, 0.1) is 5.92 Å². The van der Waals surface area contributed by atoms with Crippen LogP contribution >= 0.6 is 0 Å². The average Bonchev–Trinajstić information content (AvgIpc) is 2.56. The Balaban J connectivity index is 1.35. The molecule has 1 aromatic rings. The van der Waals surface area contributed by atoms with Gasteiger partial charge in [0.05, 0.1) is 0 Å². The van der Waals surface area contributed by atoms with Crippen molar-refractivity contribution < 1.29 is 0 Å². The number of hydrogen-bond donors (Lipinski definition) is 2. The molecule has 2 aliphatic rings. The Labute approximate surface area is 129 Å². The molecular weight excluding hydrogens is 258 g/mol. The third-order valence-corrected chi connectivity index (χ3v) is 5.04. The molecule has 21 heavy (non-hydrogen) atoms. The van der Waals surface area contributed by atoms with Crippen LogP contribution in [0.5, 0.6) is 0 Å². The van der Waals surface area contributed by atoms with Crippen molar-refractivity contribution in [2.45, 2.75) is 38.1 Å². The number of anilines is 1. The Morgan fingerprint density at radius 1 is 0.952 bits per heavy atom. The Bertz CT molecular complexity index is 404. The summed E-state index contributed by atoms with van der Waals surface area (Å²) in [5.41, 5.74) is 1.22. The van der Waals surface area contributed by atoms with Gasteiger partial charge in [-0.3, -0.25) is 0 Å². The molecule has 2 heterocycles. The van der Waals surface area contributed by atoms with E-state index < -0.39 is 0 Å². The van der Waals surface area contributed by atoms with Gasteiger partial charge >= 0.3 is 0 Å². The molecule has 0 bridgehead atoms. The summed E-state index contributed by atoms with van der Waals surface area (Å²) in [4.78, 5) is 2.75. The summed E-state index contributed by atoms with van der Waals surface area (Å²) < 4.78 is 0. The van der Waals surface area contributed by atoms with Crippen LogP contribution in [0.2, 0.25) is 0 Å². The first-order valence-corrected chi connectivity index (χ1v) is 8.67. The summed E-state index contributed by atoms with van der Waals surface area (Å²) in [6.45, 7) is 5.94. The zero-order valence-electron chi connectivity index (χ0n) is 13.1. The first-order valence-electron chi connectivity index (χ1n) is 8.67. The third-order valence-electron chi connectivity index (χ3n) is 5.04. The van der Waals surface area contributed by atoms with Gasteiger partial charge in [0.25, 0.3) is 0 Å². The number of para-hydroxylation sites is 1. The van der Waals surface area contributed by atoms with Crippen molar-refractivity contribution in [1.29, 1.82) is 0 Å². The Morgan fingerprint density at radius 2 is 1.81 bits per heavy atom. The molecule has 0 amide bonds. The van der Waals surface area contributed by atoms with Gasteiger partial charge in [-0.05, 0) is 63.4 Å². The predicted molar refractivity (Wildman–Crippen MR) is 89.7 cm³/mol. The van der Waals surface area contributed by atoms with E-state index in [0.717, 1.165) is 25.0 Å². The number of rotatable bonds is 6. The molecule has 3 heteroatoms. The van der Waals surface area contributed by atoms with E-state index in [4.69, 9.17) is 0 Å². The van der Waals surface area contributed by atoms with Gasteiger partial charge in [0.1, 0.15) is 0 Å². The van der Waals surface area contributed by atoms with Crippen molar-refractivity contribution >= 4 is 5.69 Å². The molecule has 3 nitrogen and oxygen atoms in total. The minimum atomic E-state index is 0.863. The first-order chi connectivity index (χ1) is 10.4. The lowest BCUT2D eigenvalue weighted by Crippen LogP contribution is -2.50. The number of fused-ring (bicyclic) bond motifs is 1. The maximum atomic E-state index is 3.67. The minimum Gasteiger partial charge on any atom is -0.384 e. The van der Waals surface area contributed by atoms with E-state index in [1.165, 1.54) is 57.4 Å². The van der Waals surface area contributed by atoms with Gasteiger partial charge in [-0.25, -0.2) is 0 Å². The molecule has 0 aliphatic carbocycles. The third kappa shape index (κ3) is 4.21. The van der Waals surface area contributed by atoms with Crippen molar-refractivity contribution in [3.05, 3.63) is 30.3 Å². The SMILES string of the molecule is c1ccc(NCCNC[C@@H]2CCCN3CCCC[C@H]23)cc1. The molecule has 1 aromatic carbocycles. The molecular formula is C18H29N3. The largest absolute Gasteiger partial charge is 0.384 e. The first kappa shape index (κ1) is 14.9. The van der Waals surface area contributed by atoms with E-state index in [1.54, 1.807) is 0 Å². The Hall–Kier alpha value is -1.06. The van der Waals surface area contributed by atoms with E-state index in [9.17, 15) is 0 Å². The lowest BCUT2D eigenvalue weighted by molar-refractivity contribution is 0.0597. The molecule has 0 spiro atoms. The lowest BCUT2D eigenvalue weighted by atomic mass is 9.83. The van der Waals surface area contributed by atoms with Crippen LogP contribution in [-0.4, -0.2) is 43.7 Å². The van der Waals surface area contributed by atoms with Crippen LogP contribution in [0.15, 0.2) is 30.3 Å². The van der Waals surface area contributed by atoms with E-state index in [2.05, 4.69) is 45.9 Å². The molecule has 2 saturated heterocycles. The molecule has 3 rings (SSSR count). The highest BCUT2D eigenvalue weighted by Crippen LogP contribution is 2.30. The molecule has 2 aliphatic heterocycles. The van der Waals surface area contributed by atoms with E-state index in [1.807, 2.05) is 0 Å². The minimum absolute atomic E-state index is 0.863.